The van der Waals surface area contributed by atoms with Crippen LogP contribution in [0, 0.1) is 5.82 Å². The second kappa shape index (κ2) is 7.19. The average Bonchev–Trinajstić information content (AvgIpc) is 3.44. The first-order valence-electron chi connectivity index (χ1n) is 10.2. The fourth-order valence-corrected chi connectivity index (χ4v) is 4.10. The summed E-state index contributed by atoms with van der Waals surface area (Å²) < 4.78 is 16.4. The number of aryl methyl sites for hydroxylation is 1. The van der Waals surface area contributed by atoms with Gasteiger partial charge in [-0.1, -0.05) is 0 Å². The van der Waals surface area contributed by atoms with Crippen LogP contribution in [0.15, 0.2) is 49.3 Å². The van der Waals surface area contributed by atoms with Gasteiger partial charge >= 0.3 is 0 Å². The number of hydrogen-bond donors (Lipinski definition) is 1. The van der Waals surface area contributed by atoms with E-state index in [0.717, 1.165) is 35.6 Å². The normalized spacial score (nSPS) is 13.5. The van der Waals surface area contributed by atoms with Crippen LogP contribution < -0.4 is 4.90 Å². The van der Waals surface area contributed by atoms with Crippen molar-refractivity contribution in [1.82, 2.24) is 39.9 Å². The maximum atomic E-state index is 14.7. The van der Waals surface area contributed by atoms with Crippen molar-refractivity contribution in [2.45, 2.75) is 13.0 Å². The molecule has 1 aliphatic heterocycles. The highest BCUT2D eigenvalue weighted by Crippen LogP contribution is 2.32. The smallest absolute Gasteiger partial charge is 0.133 e. The highest BCUT2D eigenvalue weighted by atomic mass is 19.1. The summed E-state index contributed by atoms with van der Waals surface area (Å²) in [6, 6.07) is 5.15. The molecule has 0 radical (unpaired) electrons. The van der Waals surface area contributed by atoms with Gasteiger partial charge in [0.05, 0.1) is 35.3 Å². The van der Waals surface area contributed by atoms with Crippen molar-refractivity contribution in [2.24, 2.45) is 7.05 Å². The summed E-state index contributed by atoms with van der Waals surface area (Å²) in [4.78, 5) is 19.9. The Morgan fingerprint density at radius 3 is 2.75 bits per heavy atom. The lowest BCUT2D eigenvalue weighted by atomic mass is 10.0. The number of benzene rings is 1. The van der Waals surface area contributed by atoms with E-state index in [4.69, 9.17) is 0 Å². The van der Waals surface area contributed by atoms with Crippen molar-refractivity contribution in [3.8, 4) is 22.5 Å². The van der Waals surface area contributed by atoms with Crippen molar-refractivity contribution in [2.75, 3.05) is 11.4 Å². The lowest BCUT2D eigenvalue weighted by Crippen LogP contribution is -2.32. The van der Waals surface area contributed by atoms with Crippen molar-refractivity contribution >= 4 is 16.7 Å². The molecule has 4 aromatic heterocycles. The van der Waals surface area contributed by atoms with Crippen LogP contribution in [0.1, 0.15) is 11.4 Å². The molecule has 0 saturated heterocycles. The Hall–Kier alpha value is -4.21. The van der Waals surface area contributed by atoms with E-state index in [1.165, 1.54) is 12.4 Å². The molecular weight excluding hydrogens is 409 g/mol. The Morgan fingerprint density at radius 1 is 1.03 bits per heavy atom. The van der Waals surface area contributed by atoms with E-state index in [1.54, 1.807) is 42.6 Å². The Bertz CT molecular complexity index is 1460. The second-order valence-electron chi connectivity index (χ2n) is 7.74. The molecule has 1 aliphatic rings. The van der Waals surface area contributed by atoms with Crippen molar-refractivity contribution in [3.63, 3.8) is 0 Å². The number of hydrogen-bond acceptors (Lipinski definition) is 7. The fourth-order valence-electron chi connectivity index (χ4n) is 4.10. The number of H-pyrrole nitrogens is 1. The summed E-state index contributed by atoms with van der Waals surface area (Å²) in [6.07, 6.45) is 9.20. The number of fused-ring (bicyclic) bond motifs is 2. The van der Waals surface area contributed by atoms with Gasteiger partial charge in [0.15, 0.2) is 0 Å². The Morgan fingerprint density at radius 2 is 1.91 bits per heavy atom. The molecule has 0 amide bonds. The quantitative estimate of drug-likeness (QED) is 0.472. The molecule has 6 rings (SSSR count). The molecule has 0 saturated carbocycles. The van der Waals surface area contributed by atoms with Crippen LogP contribution in [-0.2, 0) is 20.0 Å². The topological polar surface area (TPSA) is 101 Å². The second-order valence-corrected chi connectivity index (χ2v) is 7.74. The minimum atomic E-state index is -0.336. The number of anilines is 1. The number of rotatable bonds is 3. The van der Waals surface area contributed by atoms with E-state index >= 15 is 0 Å². The summed E-state index contributed by atoms with van der Waals surface area (Å²) in [5, 5.41) is 12.3. The van der Waals surface area contributed by atoms with Gasteiger partial charge < -0.3 is 4.90 Å². The highest BCUT2D eigenvalue weighted by molar-refractivity contribution is 5.95. The molecule has 32 heavy (non-hydrogen) atoms. The van der Waals surface area contributed by atoms with E-state index in [2.05, 4.69) is 40.1 Å². The molecule has 10 heteroatoms. The summed E-state index contributed by atoms with van der Waals surface area (Å²) in [5.74, 6) is 0.453. The zero-order valence-corrected chi connectivity index (χ0v) is 17.2. The van der Waals surface area contributed by atoms with Gasteiger partial charge in [0.1, 0.15) is 23.7 Å². The van der Waals surface area contributed by atoms with Crippen LogP contribution in [0.2, 0.25) is 0 Å². The van der Waals surface area contributed by atoms with Crippen LogP contribution in [-0.4, -0.2) is 46.5 Å². The van der Waals surface area contributed by atoms with Crippen molar-refractivity contribution < 1.29 is 4.39 Å². The number of nitrogens with one attached hydrogen (secondary N) is 1. The molecule has 5 heterocycles. The Labute approximate surface area is 182 Å². The Balaban J connectivity index is 1.39. The zero-order chi connectivity index (χ0) is 21.7. The van der Waals surface area contributed by atoms with E-state index < -0.39 is 0 Å². The molecule has 0 spiro atoms. The number of aromatic amines is 1. The maximum Gasteiger partial charge on any atom is 0.133 e. The summed E-state index contributed by atoms with van der Waals surface area (Å²) in [5.41, 5.74) is 5.07. The van der Waals surface area contributed by atoms with Crippen LogP contribution >= 0.6 is 0 Å². The standard InChI is InChI=1S/C22H18FN9/c1-31-10-13(9-28-31)14-6-15-18(7-16(14)23)29-30-22(15)19-8-21(27-12-26-19)32-5-2-17-20(11-32)25-4-3-24-17/h3-4,6-10,12H,2,5,11H2,1H3,(H,29,30). The van der Waals surface area contributed by atoms with Crippen LogP contribution in [0.25, 0.3) is 33.4 Å². The van der Waals surface area contributed by atoms with Crippen LogP contribution in [0.3, 0.4) is 0 Å². The lowest BCUT2D eigenvalue weighted by molar-refractivity contribution is 0.633. The largest absolute Gasteiger partial charge is 0.350 e. The van der Waals surface area contributed by atoms with Gasteiger partial charge in [-0.25, -0.2) is 14.4 Å². The van der Waals surface area contributed by atoms with E-state index in [0.29, 0.717) is 34.6 Å². The third-order valence-corrected chi connectivity index (χ3v) is 5.71. The van der Waals surface area contributed by atoms with Crippen LogP contribution in [0.5, 0.6) is 0 Å². The first kappa shape index (κ1) is 18.6. The highest BCUT2D eigenvalue weighted by Gasteiger charge is 2.21. The third kappa shape index (κ3) is 3.08. The van der Waals surface area contributed by atoms with Crippen LogP contribution in [0.4, 0.5) is 10.2 Å². The Kier molecular flexibility index (Phi) is 4.17. The number of aromatic nitrogens is 8. The predicted molar refractivity (Wildman–Crippen MR) is 116 cm³/mol. The minimum Gasteiger partial charge on any atom is -0.350 e. The van der Waals surface area contributed by atoms with Gasteiger partial charge in [-0.15, -0.1) is 0 Å². The van der Waals surface area contributed by atoms with Gasteiger partial charge in [0.2, 0.25) is 0 Å². The lowest BCUT2D eigenvalue weighted by Gasteiger charge is -2.28. The maximum absolute atomic E-state index is 14.7. The molecule has 158 valence electrons. The molecule has 1 aromatic carbocycles. The summed E-state index contributed by atoms with van der Waals surface area (Å²) >= 11 is 0. The van der Waals surface area contributed by atoms with Gasteiger partial charge in [-0.3, -0.25) is 19.7 Å². The summed E-state index contributed by atoms with van der Waals surface area (Å²) in [7, 11) is 1.80. The molecule has 5 aromatic rings. The van der Waals surface area contributed by atoms with Gasteiger partial charge in [0, 0.05) is 67.2 Å². The predicted octanol–water partition coefficient (Wildman–Crippen LogP) is 2.91. The number of nitrogens with zero attached hydrogens (tertiary/aromatic N) is 8. The zero-order valence-electron chi connectivity index (χ0n) is 17.2. The molecule has 0 unspecified atom stereocenters. The molecule has 0 bridgehead atoms. The fraction of sp³-hybridized carbons (Fsp3) is 0.182. The van der Waals surface area contributed by atoms with Crippen molar-refractivity contribution in [3.05, 3.63) is 66.5 Å². The van der Waals surface area contributed by atoms with E-state index in [-0.39, 0.29) is 5.82 Å². The monoisotopic (exact) mass is 427 g/mol. The SMILES string of the molecule is Cn1cc(-c2cc3c(-c4cc(N5CCc6nccnc6C5)ncn4)n[nH]c3cc2F)cn1. The minimum absolute atomic E-state index is 0.336. The molecule has 1 N–H and O–H groups in total. The molecule has 0 fully saturated rings. The molecule has 0 aliphatic carbocycles. The molecule has 0 atom stereocenters. The summed E-state index contributed by atoms with van der Waals surface area (Å²) in [6.45, 7) is 1.43. The van der Waals surface area contributed by atoms with E-state index in [1.807, 2.05) is 6.07 Å². The van der Waals surface area contributed by atoms with Gasteiger partial charge in [-0.2, -0.15) is 10.2 Å². The third-order valence-electron chi connectivity index (χ3n) is 5.71. The van der Waals surface area contributed by atoms with Gasteiger partial charge in [0.25, 0.3) is 0 Å². The number of halogens is 1. The molecular formula is C22H18FN9. The van der Waals surface area contributed by atoms with Gasteiger partial charge in [-0.05, 0) is 6.07 Å². The van der Waals surface area contributed by atoms with E-state index in [9.17, 15) is 4.39 Å². The average molecular weight is 427 g/mol. The first-order chi connectivity index (χ1) is 15.7. The first-order valence-corrected chi connectivity index (χ1v) is 10.2. The van der Waals surface area contributed by atoms with Crippen molar-refractivity contribution in [1.29, 1.82) is 0 Å². The molecule has 9 nitrogen and oxygen atoms in total.